The highest BCUT2D eigenvalue weighted by atomic mass is 32.2. The summed E-state index contributed by atoms with van der Waals surface area (Å²) >= 11 is 0. The molecule has 0 saturated carbocycles. The Balaban J connectivity index is 1.64. The maximum Gasteiger partial charge on any atom is 0.266 e. The molecule has 7 nitrogen and oxygen atoms in total. The van der Waals surface area contributed by atoms with Crippen LogP contribution >= 0.6 is 0 Å². The monoisotopic (exact) mass is 420 g/mol. The van der Waals surface area contributed by atoms with Crippen molar-refractivity contribution in [2.24, 2.45) is 0 Å². The van der Waals surface area contributed by atoms with Crippen LogP contribution in [0.3, 0.4) is 0 Å². The van der Waals surface area contributed by atoms with Crippen molar-refractivity contribution in [1.29, 1.82) is 0 Å². The summed E-state index contributed by atoms with van der Waals surface area (Å²) in [6.45, 7) is 1.20. The quantitative estimate of drug-likeness (QED) is 0.644. The Morgan fingerprint density at radius 1 is 1.28 bits per heavy atom. The predicted molar refractivity (Wildman–Crippen MR) is 99.4 cm³/mol. The normalized spacial score (nSPS) is 20.7. The molecule has 3 aromatic rings. The SMILES string of the molecule is Cc1ccc(F)cc1S(=O)(=O)N1CCCC(F)(c2nc(-c3cccnc3)no2)C1. The molecule has 2 aromatic heterocycles. The van der Waals surface area contributed by atoms with E-state index in [1.165, 1.54) is 18.3 Å². The van der Waals surface area contributed by atoms with Gasteiger partial charge in [-0.3, -0.25) is 4.98 Å². The molecule has 1 saturated heterocycles. The Labute approximate surface area is 166 Å². The predicted octanol–water partition coefficient (Wildman–Crippen LogP) is 3.23. The van der Waals surface area contributed by atoms with E-state index in [0.29, 0.717) is 11.1 Å². The van der Waals surface area contributed by atoms with Crippen LogP contribution in [0.4, 0.5) is 8.78 Å². The van der Waals surface area contributed by atoms with Crippen molar-refractivity contribution in [3.8, 4) is 11.4 Å². The number of benzene rings is 1. The van der Waals surface area contributed by atoms with Gasteiger partial charge in [0, 0.05) is 24.5 Å². The van der Waals surface area contributed by atoms with Gasteiger partial charge in [0.1, 0.15) is 5.82 Å². The minimum absolute atomic E-state index is 0.0375. The molecular formula is C19H18F2N4O3S. The van der Waals surface area contributed by atoms with Crippen LogP contribution in [0.15, 0.2) is 52.1 Å². The average molecular weight is 420 g/mol. The summed E-state index contributed by atoms with van der Waals surface area (Å²) in [5.41, 5.74) is -1.19. The minimum atomic E-state index is -4.09. The van der Waals surface area contributed by atoms with Crippen LogP contribution in [0.2, 0.25) is 0 Å². The summed E-state index contributed by atoms with van der Waals surface area (Å²) in [4.78, 5) is 7.90. The molecule has 1 atom stereocenters. The van der Waals surface area contributed by atoms with E-state index in [-0.39, 0.29) is 36.0 Å². The molecule has 3 heterocycles. The van der Waals surface area contributed by atoms with Crippen molar-refractivity contribution in [2.75, 3.05) is 13.1 Å². The Morgan fingerprint density at radius 3 is 2.86 bits per heavy atom. The van der Waals surface area contributed by atoms with Crippen molar-refractivity contribution in [2.45, 2.75) is 30.3 Å². The lowest BCUT2D eigenvalue weighted by Gasteiger charge is -2.34. The molecule has 4 rings (SSSR count). The van der Waals surface area contributed by atoms with Crippen LogP contribution in [0.1, 0.15) is 24.3 Å². The Hall–Kier alpha value is -2.72. The molecule has 0 amide bonds. The molecule has 10 heteroatoms. The maximum absolute atomic E-state index is 15.7. The van der Waals surface area contributed by atoms with Crippen LogP contribution in [0.5, 0.6) is 0 Å². The summed E-state index contributed by atoms with van der Waals surface area (Å²) in [5.74, 6) is -0.783. The number of aromatic nitrogens is 3. The topological polar surface area (TPSA) is 89.2 Å². The van der Waals surface area contributed by atoms with Crippen LogP contribution in [0.25, 0.3) is 11.4 Å². The van der Waals surface area contributed by atoms with Gasteiger partial charge in [0.25, 0.3) is 5.89 Å². The number of hydrogen-bond acceptors (Lipinski definition) is 6. The second-order valence-electron chi connectivity index (χ2n) is 6.98. The Kier molecular flexibility index (Phi) is 4.91. The van der Waals surface area contributed by atoms with E-state index >= 15 is 4.39 Å². The van der Waals surface area contributed by atoms with Crippen LogP contribution in [-0.2, 0) is 15.7 Å². The molecule has 0 aliphatic carbocycles. The maximum atomic E-state index is 15.7. The molecule has 0 spiro atoms. The number of alkyl halides is 1. The van der Waals surface area contributed by atoms with E-state index in [1.54, 1.807) is 25.3 Å². The fourth-order valence-corrected chi connectivity index (χ4v) is 5.12. The molecule has 1 fully saturated rings. The van der Waals surface area contributed by atoms with Gasteiger partial charge in [-0.1, -0.05) is 11.2 Å². The first-order valence-electron chi connectivity index (χ1n) is 8.99. The number of halogens is 2. The van der Waals surface area contributed by atoms with Crippen LogP contribution in [-0.4, -0.2) is 40.9 Å². The van der Waals surface area contributed by atoms with Gasteiger partial charge in [-0.05, 0) is 49.6 Å². The van der Waals surface area contributed by atoms with Crippen molar-refractivity contribution in [3.63, 3.8) is 0 Å². The zero-order valence-electron chi connectivity index (χ0n) is 15.5. The lowest BCUT2D eigenvalue weighted by atomic mass is 9.96. The molecule has 29 heavy (non-hydrogen) atoms. The number of aryl methyl sites for hydroxylation is 1. The number of hydrogen-bond donors (Lipinski definition) is 0. The Morgan fingerprint density at radius 2 is 2.10 bits per heavy atom. The third-order valence-electron chi connectivity index (χ3n) is 4.90. The van der Waals surface area contributed by atoms with Gasteiger partial charge in [-0.2, -0.15) is 9.29 Å². The highest BCUT2D eigenvalue weighted by Gasteiger charge is 2.46. The van der Waals surface area contributed by atoms with Gasteiger partial charge >= 0.3 is 0 Å². The standard InChI is InChI=1S/C19H18F2N4O3S/c1-13-5-6-15(20)10-16(13)29(26,27)25-9-3-7-19(21,12-25)18-23-17(24-28-18)14-4-2-8-22-11-14/h2,4-6,8,10-11H,3,7,9,12H2,1H3. The van der Waals surface area contributed by atoms with E-state index < -0.39 is 28.1 Å². The summed E-state index contributed by atoms with van der Waals surface area (Å²) in [7, 11) is -4.09. The van der Waals surface area contributed by atoms with Gasteiger partial charge in [0.05, 0.1) is 11.4 Å². The molecule has 1 aliphatic heterocycles. The molecule has 0 N–H and O–H groups in total. The summed E-state index contributed by atoms with van der Waals surface area (Å²) < 4.78 is 61.5. The number of rotatable bonds is 4. The fourth-order valence-electron chi connectivity index (χ4n) is 3.36. The van der Waals surface area contributed by atoms with Crippen molar-refractivity contribution in [1.82, 2.24) is 19.4 Å². The first-order chi connectivity index (χ1) is 13.8. The zero-order chi connectivity index (χ0) is 20.6. The van der Waals surface area contributed by atoms with E-state index in [1.807, 2.05) is 0 Å². The lowest BCUT2D eigenvalue weighted by molar-refractivity contribution is 0.0470. The largest absolute Gasteiger partial charge is 0.335 e. The molecule has 0 radical (unpaired) electrons. The smallest absolute Gasteiger partial charge is 0.266 e. The average Bonchev–Trinajstić information content (AvgIpc) is 3.22. The van der Waals surface area contributed by atoms with E-state index in [0.717, 1.165) is 10.4 Å². The first-order valence-corrected chi connectivity index (χ1v) is 10.4. The van der Waals surface area contributed by atoms with Crippen molar-refractivity contribution >= 4 is 10.0 Å². The van der Waals surface area contributed by atoms with Gasteiger partial charge in [0.15, 0.2) is 0 Å². The van der Waals surface area contributed by atoms with Gasteiger partial charge in [0.2, 0.25) is 21.5 Å². The summed E-state index contributed by atoms with van der Waals surface area (Å²) in [6.07, 6.45) is 3.40. The van der Waals surface area contributed by atoms with Gasteiger partial charge in [-0.25, -0.2) is 17.2 Å². The van der Waals surface area contributed by atoms with Crippen LogP contribution < -0.4 is 0 Å². The fraction of sp³-hybridized carbons (Fsp3) is 0.316. The summed E-state index contributed by atoms with van der Waals surface area (Å²) in [5, 5.41) is 3.79. The molecule has 1 aliphatic rings. The summed E-state index contributed by atoms with van der Waals surface area (Å²) in [6, 6.07) is 6.91. The second-order valence-corrected chi connectivity index (χ2v) is 8.89. The molecule has 152 valence electrons. The molecule has 1 unspecified atom stereocenters. The first kappa shape index (κ1) is 19.6. The van der Waals surface area contributed by atoms with E-state index in [9.17, 15) is 12.8 Å². The number of nitrogens with zero attached hydrogens (tertiary/aromatic N) is 4. The molecule has 0 bridgehead atoms. The minimum Gasteiger partial charge on any atom is -0.335 e. The van der Waals surface area contributed by atoms with Crippen molar-refractivity contribution < 1.29 is 21.7 Å². The lowest BCUT2D eigenvalue weighted by Crippen LogP contribution is -2.46. The van der Waals surface area contributed by atoms with Crippen LogP contribution in [0, 0.1) is 12.7 Å². The van der Waals surface area contributed by atoms with E-state index in [2.05, 4.69) is 15.1 Å². The third kappa shape index (κ3) is 3.65. The molecule has 1 aromatic carbocycles. The highest BCUT2D eigenvalue weighted by molar-refractivity contribution is 7.89. The number of pyridine rings is 1. The highest BCUT2D eigenvalue weighted by Crippen LogP contribution is 2.37. The second kappa shape index (κ2) is 7.27. The zero-order valence-corrected chi connectivity index (χ0v) is 16.4. The third-order valence-corrected chi connectivity index (χ3v) is 6.89. The van der Waals surface area contributed by atoms with E-state index in [4.69, 9.17) is 4.52 Å². The number of sulfonamides is 1. The molecular weight excluding hydrogens is 402 g/mol. The van der Waals surface area contributed by atoms with Gasteiger partial charge in [-0.15, -0.1) is 0 Å². The number of piperidine rings is 1. The van der Waals surface area contributed by atoms with Crippen molar-refractivity contribution in [3.05, 3.63) is 60.0 Å². The van der Waals surface area contributed by atoms with Gasteiger partial charge < -0.3 is 4.52 Å². The Bertz CT molecular complexity index is 1140.